The second kappa shape index (κ2) is 6.80. The van der Waals surface area contributed by atoms with E-state index in [4.69, 9.17) is 5.26 Å². The van der Waals surface area contributed by atoms with Gasteiger partial charge in [-0.1, -0.05) is 12.1 Å². The van der Waals surface area contributed by atoms with E-state index in [1.54, 1.807) is 23.0 Å². The number of carboxylic acid groups (broad SMARTS) is 1. The van der Waals surface area contributed by atoms with Crippen molar-refractivity contribution >= 4 is 5.97 Å². The Bertz CT molecular complexity index is 599. The minimum absolute atomic E-state index is 0. The van der Waals surface area contributed by atoms with Crippen molar-refractivity contribution in [3.8, 4) is 6.07 Å². The number of hydrogen-bond acceptors (Lipinski definition) is 4. The molecule has 2 aromatic rings. The first-order valence-electron chi connectivity index (χ1n) is 5.37. The van der Waals surface area contributed by atoms with Crippen LogP contribution in [-0.2, 0) is 17.8 Å². The molecule has 0 radical (unpaired) electrons. The Morgan fingerprint density at radius 2 is 2.05 bits per heavy atom. The Labute approximate surface area is 122 Å². The van der Waals surface area contributed by atoms with Crippen molar-refractivity contribution < 1.29 is 28.8 Å². The van der Waals surface area contributed by atoms with E-state index in [2.05, 4.69) is 4.98 Å². The summed E-state index contributed by atoms with van der Waals surface area (Å²) in [6.45, 7) is 0.522. The van der Waals surface area contributed by atoms with Crippen molar-refractivity contribution in [3.63, 3.8) is 0 Å². The fourth-order valence-corrected chi connectivity index (χ4v) is 1.67. The molecule has 1 aromatic heterocycles. The molecular formula is C13H10LiN3O2. The largest absolute Gasteiger partial charge is 1.00 e. The molecule has 0 atom stereocenters. The summed E-state index contributed by atoms with van der Waals surface area (Å²) in [6.07, 6.45) is 2.94. The van der Waals surface area contributed by atoms with Gasteiger partial charge in [0.15, 0.2) is 0 Å². The van der Waals surface area contributed by atoms with Crippen molar-refractivity contribution in [2.75, 3.05) is 0 Å². The van der Waals surface area contributed by atoms with Crippen LogP contribution in [0.15, 0.2) is 36.8 Å². The first-order chi connectivity index (χ1) is 8.69. The van der Waals surface area contributed by atoms with Crippen molar-refractivity contribution in [2.45, 2.75) is 13.0 Å². The zero-order chi connectivity index (χ0) is 13.0. The molecule has 0 unspecified atom stereocenters. The van der Waals surface area contributed by atoms with Gasteiger partial charge in [0, 0.05) is 30.8 Å². The predicted molar refractivity (Wildman–Crippen MR) is 61.2 cm³/mol. The molecule has 0 amide bonds. The summed E-state index contributed by atoms with van der Waals surface area (Å²) in [5.41, 5.74) is 2.17. The van der Waals surface area contributed by atoms with E-state index in [1.807, 2.05) is 18.2 Å². The molecule has 19 heavy (non-hydrogen) atoms. The summed E-state index contributed by atoms with van der Waals surface area (Å²) in [5.74, 6) is -1.13. The number of hydrogen-bond donors (Lipinski definition) is 0. The van der Waals surface area contributed by atoms with Crippen molar-refractivity contribution in [1.29, 1.82) is 5.26 Å². The summed E-state index contributed by atoms with van der Waals surface area (Å²) >= 11 is 0. The quantitative estimate of drug-likeness (QED) is 0.543. The third kappa shape index (κ3) is 3.99. The topological polar surface area (TPSA) is 81.7 Å². The van der Waals surface area contributed by atoms with E-state index in [1.165, 1.54) is 6.20 Å². The molecule has 6 heteroatoms. The predicted octanol–water partition coefficient (Wildman–Crippen LogP) is -2.90. The maximum atomic E-state index is 10.6. The standard InChI is InChI=1S/C13H11N3O2.Li/c14-6-10-1-3-11(4-2-10)8-16-9-15-7-12(16)5-13(17)18;/h1-4,7,9H,5,8H2,(H,17,18);/q;+1/p-1. The third-order valence-electron chi connectivity index (χ3n) is 2.56. The SMILES string of the molecule is N#Cc1ccc(Cn2cncc2CC(=O)[O-])cc1.[Li+]. The molecular weight excluding hydrogens is 237 g/mol. The smallest absolute Gasteiger partial charge is 0.550 e. The average molecular weight is 247 g/mol. The van der Waals surface area contributed by atoms with Crippen LogP contribution in [0.1, 0.15) is 16.8 Å². The zero-order valence-electron chi connectivity index (χ0n) is 10.5. The third-order valence-corrected chi connectivity index (χ3v) is 2.56. The number of benzene rings is 1. The van der Waals surface area contributed by atoms with E-state index in [-0.39, 0.29) is 25.3 Å². The van der Waals surface area contributed by atoms with Crippen LogP contribution in [0.3, 0.4) is 0 Å². The van der Waals surface area contributed by atoms with Crippen LogP contribution >= 0.6 is 0 Å². The molecule has 0 bridgehead atoms. The number of carbonyl (C=O) groups excluding carboxylic acids is 1. The van der Waals surface area contributed by atoms with Gasteiger partial charge in [-0.15, -0.1) is 0 Å². The van der Waals surface area contributed by atoms with Gasteiger partial charge < -0.3 is 14.5 Å². The van der Waals surface area contributed by atoms with Crippen LogP contribution < -0.4 is 24.0 Å². The first kappa shape index (κ1) is 15.0. The number of nitriles is 1. The van der Waals surface area contributed by atoms with Gasteiger partial charge in [-0.3, -0.25) is 0 Å². The van der Waals surface area contributed by atoms with E-state index >= 15 is 0 Å². The summed E-state index contributed by atoms with van der Waals surface area (Å²) in [4.78, 5) is 14.5. The number of rotatable bonds is 4. The number of imidazole rings is 1. The first-order valence-corrected chi connectivity index (χ1v) is 5.37. The molecule has 0 saturated heterocycles. The van der Waals surface area contributed by atoms with E-state index in [9.17, 15) is 9.90 Å². The van der Waals surface area contributed by atoms with Crippen LogP contribution in [0.4, 0.5) is 0 Å². The average Bonchev–Trinajstić information content (AvgIpc) is 2.77. The molecule has 0 spiro atoms. The summed E-state index contributed by atoms with van der Waals surface area (Å²) in [6, 6.07) is 9.17. The molecule has 1 heterocycles. The molecule has 90 valence electrons. The van der Waals surface area contributed by atoms with Crippen molar-refractivity contribution in [3.05, 3.63) is 53.6 Å². The molecule has 1 aromatic carbocycles. The molecule has 0 aliphatic rings. The summed E-state index contributed by atoms with van der Waals surface area (Å²) in [5, 5.41) is 19.3. The van der Waals surface area contributed by atoms with E-state index in [0.29, 0.717) is 17.8 Å². The van der Waals surface area contributed by atoms with Gasteiger partial charge in [-0.25, -0.2) is 4.98 Å². The normalized spacial score (nSPS) is 9.42. The zero-order valence-corrected chi connectivity index (χ0v) is 10.5. The molecule has 0 N–H and O–H groups in total. The number of carboxylic acids is 1. The number of aliphatic carboxylic acids is 1. The Hall–Kier alpha value is -2.01. The summed E-state index contributed by atoms with van der Waals surface area (Å²) < 4.78 is 1.75. The second-order valence-corrected chi connectivity index (χ2v) is 3.87. The Kier molecular flexibility index (Phi) is 5.38. The molecule has 0 fully saturated rings. The van der Waals surface area contributed by atoms with Gasteiger partial charge >= 0.3 is 18.9 Å². The van der Waals surface area contributed by atoms with Gasteiger partial charge in [-0.05, 0) is 17.7 Å². The van der Waals surface area contributed by atoms with Crippen LogP contribution in [0.25, 0.3) is 0 Å². The van der Waals surface area contributed by atoms with Gasteiger partial charge in [-0.2, -0.15) is 5.26 Å². The maximum Gasteiger partial charge on any atom is 1.00 e. The van der Waals surface area contributed by atoms with Crippen LogP contribution in [0.5, 0.6) is 0 Å². The molecule has 5 nitrogen and oxygen atoms in total. The Morgan fingerprint density at radius 3 is 2.63 bits per heavy atom. The molecule has 0 aliphatic heterocycles. The van der Waals surface area contributed by atoms with Gasteiger partial charge in [0.05, 0.1) is 18.0 Å². The Morgan fingerprint density at radius 1 is 1.37 bits per heavy atom. The van der Waals surface area contributed by atoms with Gasteiger partial charge in [0.2, 0.25) is 0 Å². The molecule has 2 rings (SSSR count). The number of aromatic nitrogens is 2. The summed E-state index contributed by atoms with van der Waals surface area (Å²) in [7, 11) is 0. The van der Waals surface area contributed by atoms with E-state index in [0.717, 1.165) is 5.56 Å². The Balaban J connectivity index is 0.00000180. The minimum Gasteiger partial charge on any atom is -0.550 e. The maximum absolute atomic E-state index is 10.6. The van der Waals surface area contributed by atoms with Crippen LogP contribution in [0, 0.1) is 11.3 Å². The van der Waals surface area contributed by atoms with Gasteiger partial charge in [0.1, 0.15) is 0 Å². The number of nitrogens with zero attached hydrogens (tertiary/aromatic N) is 3. The molecule has 0 saturated carbocycles. The van der Waals surface area contributed by atoms with E-state index < -0.39 is 5.97 Å². The van der Waals surface area contributed by atoms with Crippen molar-refractivity contribution in [1.82, 2.24) is 9.55 Å². The fraction of sp³-hybridized carbons (Fsp3) is 0.154. The van der Waals surface area contributed by atoms with Crippen LogP contribution in [-0.4, -0.2) is 15.5 Å². The number of carbonyl (C=O) groups is 1. The minimum atomic E-state index is -1.13. The van der Waals surface area contributed by atoms with Crippen molar-refractivity contribution in [2.24, 2.45) is 0 Å². The second-order valence-electron chi connectivity index (χ2n) is 3.87. The monoisotopic (exact) mass is 247 g/mol. The van der Waals surface area contributed by atoms with Gasteiger partial charge in [0.25, 0.3) is 0 Å². The fourth-order valence-electron chi connectivity index (χ4n) is 1.67. The molecule has 0 aliphatic carbocycles. The van der Waals surface area contributed by atoms with Crippen LogP contribution in [0.2, 0.25) is 0 Å².